The molecule has 4 N–H and O–H groups in total. The molecule has 0 aliphatic rings. The summed E-state index contributed by atoms with van der Waals surface area (Å²) in [5.41, 5.74) is 5.32. The lowest BCUT2D eigenvalue weighted by molar-refractivity contribution is -0.858. The number of benzene rings is 1. The largest absolute Gasteiger partial charge is 0.488 e. The number of rotatable bonds is 6. The van der Waals surface area contributed by atoms with Crippen molar-refractivity contribution < 1.29 is 15.4 Å². The quantitative estimate of drug-likeness (QED) is 0.664. The fraction of sp³-hybridized carbons (Fsp3) is 0.538. The summed E-state index contributed by atoms with van der Waals surface area (Å²) in [4.78, 5) is 1.41. The Morgan fingerprint density at radius 2 is 1.88 bits per heavy atom. The molecule has 0 radical (unpaired) electrons. The standard InChI is InChI=1S/C13H22N2O/c1-11(14)10-12-4-6-13(7-5-12)16-9-8-15(2)3/h4-7,11H,8-10,14H2,1-3H3/p+2/t11-/m1/s1. The van der Waals surface area contributed by atoms with E-state index in [9.17, 15) is 0 Å². The Morgan fingerprint density at radius 1 is 1.25 bits per heavy atom. The molecule has 1 atom stereocenters. The molecule has 0 heterocycles. The molecule has 1 aromatic carbocycles. The average molecular weight is 224 g/mol. The SMILES string of the molecule is C[C@@H]([NH3+])Cc1ccc(OCC[NH+](C)C)cc1. The van der Waals surface area contributed by atoms with E-state index in [4.69, 9.17) is 4.74 Å². The van der Waals surface area contributed by atoms with E-state index in [2.05, 4.69) is 38.9 Å². The summed E-state index contributed by atoms with van der Waals surface area (Å²) < 4.78 is 5.64. The average Bonchev–Trinajstić information content (AvgIpc) is 2.19. The molecule has 0 aliphatic heterocycles. The highest BCUT2D eigenvalue weighted by molar-refractivity contribution is 5.27. The van der Waals surface area contributed by atoms with Gasteiger partial charge in [0, 0.05) is 6.42 Å². The van der Waals surface area contributed by atoms with Gasteiger partial charge in [-0.3, -0.25) is 0 Å². The molecule has 0 saturated carbocycles. The molecule has 1 aromatic rings. The van der Waals surface area contributed by atoms with Gasteiger partial charge in [-0.05, 0) is 24.6 Å². The van der Waals surface area contributed by atoms with Crippen LogP contribution in [0, 0.1) is 0 Å². The zero-order valence-corrected chi connectivity index (χ0v) is 10.6. The maximum Gasteiger partial charge on any atom is 0.137 e. The predicted octanol–water partition coefficient (Wildman–Crippen LogP) is -0.617. The number of ether oxygens (including phenoxy) is 1. The lowest BCUT2D eigenvalue weighted by atomic mass is 10.1. The molecule has 0 spiro atoms. The Labute approximate surface area is 98.2 Å². The van der Waals surface area contributed by atoms with Crippen LogP contribution in [-0.2, 0) is 6.42 Å². The summed E-state index contributed by atoms with van der Waals surface area (Å²) in [5, 5.41) is 0. The fourth-order valence-corrected chi connectivity index (χ4v) is 1.50. The van der Waals surface area contributed by atoms with Crippen molar-refractivity contribution in [3.63, 3.8) is 0 Å². The summed E-state index contributed by atoms with van der Waals surface area (Å²) >= 11 is 0. The first-order valence-corrected chi connectivity index (χ1v) is 5.92. The van der Waals surface area contributed by atoms with E-state index in [0.29, 0.717) is 6.04 Å². The molecule has 0 aromatic heterocycles. The van der Waals surface area contributed by atoms with Gasteiger partial charge in [-0.15, -0.1) is 0 Å². The Hall–Kier alpha value is -1.06. The highest BCUT2D eigenvalue weighted by atomic mass is 16.5. The van der Waals surface area contributed by atoms with Crippen molar-refractivity contribution in [1.82, 2.24) is 0 Å². The zero-order chi connectivity index (χ0) is 12.0. The van der Waals surface area contributed by atoms with Crippen LogP contribution in [0.3, 0.4) is 0 Å². The van der Waals surface area contributed by atoms with Gasteiger partial charge in [-0.25, -0.2) is 0 Å². The number of nitrogens with one attached hydrogen (secondary N) is 1. The molecule has 16 heavy (non-hydrogen) atoms. The monoisotopic (exact) mass is 224 g/mol. The molecule has 90 valence electrons. The molecule has 0 fully saturated rings. The van der Waals surface area contributed by atoms with Crippen LogP contribution in [0.15, 0.2) is 24.3 Å². The first kappa shape index (κ1) is 13.0. The normalized spacial score (nSPS) is 12.8. The zero-order valence-electron chi connectivity index (χ0n) is 10.6. The van der Waals surface area contributed by atoms with Gasteiger partial charge in [0.25, 0.3) is 0 Å². The molecule has 0 bridgehead atoms. The summed E-state index contributed by atoms with van der Waals surface area (Å²) in [6, 6.07) is 8.80. The molecular weight excluding hydrogens is 200 g/mol. The third kappa shape index (κ3) is 5.14. The third-order valence-electron chi connectivity index (χ3n) is 2.38. The van der Waals surface area contributed by atoms with Crippen molar-refractivity contribution in [1.29, 1.82) is 0 Å². The van der Waals surface area contributed by atoms with E-state index in [-0.39, 0.29) is 0 Å². The van der Waals surface area contributed by atoms with Gasteiger partial charge >= 0.3 is 0 Å². The number of quaternary nitrogens is 2. The Kier molecular flexibility index (Phi) is 5.29. The van der Waals surface area contributed by atoms with Crippen molar-refractivity contribution in [2.45, 2.75) is 19.4 Å². The van der Waals surface area contributed by atoms with Gasteiger partial charge in [0.15, 0.2) is 0 Å². The maximum absolute atomic E-state index is 5.64. The molecule has 0 saturated heterocycles. The number of hydrogen-bond acceptors (Lipinski definition) is 1. The van der Waals surface area contributed by atoms with E-state index < -0.39 is 0 Å². The molecule has 3 nitrogen and oxygen atoms in total. The van der Waals surface area contributed by atoms with Crippen molar-refractivity contribution in [2.75, 3.05) is 27.2 Å². The lowest BCUT2D eigenvalue weighted by Gasteiger charge is -2.09. The van der Waals surface area contributed by atoms with E-state index in [1.807, 2.05) is 12.1 Å². The first-order valence-electron chi connectivity index (χ1n) is 5.92. The van der Waals surface area contributed by atoms with Crippen molar-refractivity contribution in [2.24, 2.45) is 0 Å². The Morgan fingerprint density at radius 3 is 2.38 bits per heavy atom. The molecule has 0 amide bonds. The number of likely N-dealkylation sites (N-methyl/N-ethyl adjacent to an activating group) is 1. The highest BCUT2D eigenvalue weighted by Crippen LogP contribution is 2.12. The van der Waals surface area contributed by atoms with Gasteiger partial charge in [0.1, 0.15) is 18.9 Å². The van der Waals surface area contributed by atoms with Crippen molar-refractivity contribution in [3.05, 3.63) is 29.8 Å². The van der Waals surface area contributed by atoms with Crippen LogP contribution >= 0.6 is 0 Å². The maximum atomic E-state index is 5.64. The summed E-state index contributed by atoms with van der Waals surface area (Å²) in [5.74, 6) is 0.960. The van der Waals surface area contributed by atoms with Gasteiger partial charge in [0.2, 0.25) is 0 Å². The first-order chi connectivity index (χ1) is 7.58. The molecule has 0 unspecified atom stereocenters. The van der Waals surface area contributed by atoms with E-state index in [1.165, 1.54) is 10.5 Å². The van der Waals surface area contributed by atoms with Gasteiger partial charge in [0.05, 0.1) is 20.1 Å². The van der Waals surface area contributed by atoms with Crippen molar-refractivity contribution in [3.8, 4) is 5.75 Å². The highest BCUT2D eigenvalue weighted by Gasteiger charge is 2.01. The molecular formula is C13H24N2O+2. The van der Waals surface area contributed by atoms with Gasteiger partial charge in [-0.1, -0.05) is 12.1 Å². The smallest absolute Gasteiger partial charge is 0.137 e. The van der Waals surface area contributed by atoms with E-state index in [1.54, 1.807) is 0 Å². The Balaban J connectivity index is 2.39. The van der Waals surface area contributed by atoms with Gasteiger partial charge < -0.3 is 15.4 Å². The van der Waals surface area contributed by atoms with Crippen LogP contribution in [-0.4, -0.2) is 33.3 Å². The van der Waals surface area contributed by atoms with E-state index >= 15 is 0 Å². The minimum absolute atomic E-state index is 0.462. The van der Waals surface area contributed by atoms with Gasteiger partial charge in [-0.2, -0.15) is 0 Å². The molecule has 0 aliphatic carbocycles. The van der Waals surface area contributed by atoms with Crippen molar-refractivity contribution >= 4 is 0 Å². The molecule has 1 rings (SSSR count). The number of hydrogen-bond donors (Lipinski definition) is 2. The minimum atomic E-state index is 0.462. The second-order valence-corrected chi connectivity index (χ2v) is 4.76. The summed E-state index contributed by atoms with van der Waals surface area (Å²) in [6.07, 6.45) is 1.03. The third-order valence-corrected chi connectivity index (χ3v) is 2.38. The Bertz CT molecular complexity index is 293. The van der Waals surface area contributed by atoms with Crippen LogP contribution in [0.4, 0.5) is 0 Å². The van der Waals surface area contributed by atoms with Crippen LogP contribution in [0.2, 0.25) is 0 Å². The van der Waals surface area contributed by atoms with Crippen LogP contribution in [0.5, 0.6) is 5.75 Å². The topological polar surface area (TPSA) is 41.3 Å². The van der Waals surface area contributed by atoms with Crippen LogP contribution in [0.1, 0.15) is 12.5 Å². The summed E-state index contributed by atoms with van der Waals surface area (Å²) in [6.45, 7) is 3.93. The molecule has 3 heteroatoms. The van der Waals surface area contributed by atoms with Crippen LogP contribution < -0.4 is 15.4 Å². The van der Waals surface area contributed by atoms with E-state index in [0.717, 1.165) is 25.3 Å². The second kappa shape index (κ2) is 6.51. The minimum Gasteiger partial charge on any atom is -0.488 e. The lowest BCUT2D eigenvalue weighted by Crippen LogP contribution is -3.06. The summed E-state index contributed by atoms with van der Waals surface area (Å²) in [7, 11) is 4.25. The van der Waals surface area contributed by atoms with Crippen LogP contribution in [0.25, 0.3) is 0 Å². The second-order valence-electron chi connectivity index (χ2n) is 4.76. The fourth-order valence-electron chi connectivity index (χ4n) is 1.50. The predicted molar refractivity (Wildman–Crippen MR) is 65.7 cm³/mol.